The molecule has 3 nitrogen and oxygen atoms in total. The molecular formula is C33H27N3S. The minimum Gasteiger partial charge on any atom is -0.302 e. The van der Waals surface area contributed by atoms with Gasteiger partial charge < -0.3 is 4.57 Å². The van der Waals surface area contributed by atoms with Crippen molar-refractivity contribution in [2.45, 2.75) is 19.0 Å². The Morgan fingerprint density at radius 2 is 1.54 bits per heavy atom. The van der Waals surface area contributed by atoms with Crippen molar-refractivity contribution in [1.82, 2.24) is 9.88 Å². The Bertz CT molecular complexity index is 1810. The monoisotopic (exact) mass is 497 g/mol. The quantitative estimate of drug-likeness (QED) is 0.188. The standard InChI is InChI=1S/C33H27N3S/c1-34-33(23-12-6-3-7-13-23)35-21-36-29-19-16-24(22-10-4-2-5-11-22)20-28(29)26-17-18-27-25-14-8-9-15-30(25)37-32(27)31(26)36/h2-15,17-18,20-21,33-34H,16,19H2,1H3/b35-21+. The largest absolute Gasteiger partial charge is 0.302 e. The zero-order chi connectivity index (χ0) is 24.8. The maximum absolute atomic E-state index is 5.06. The van der Waals surface area contributed by atoms with Crippen LogP contribution in [-0.4, -0.2) is 18.0 Å². The first-order valence-electron chi connectivity index (χ1n) is 12.8. The van der Waals surface area contributed by atoms with Crippen LogP contribution in [0.2, 0.25) is 0 Å². The van der Waals surface area contributed by atoms with E-state index in [2.05, 4.69) is 113 Å². The molecule has 0 saturated heterocycles. The molecule has 0 saturated carbocycles. The van der Waals surface area contributed by atoms with E-state index >= 15 is 0 Å². The van der Waals surface area contributed by atoms with Crippen LogP contribution in [0, 0.1) is 0 Å². The van der Waals surface area contributed by atoms with Crippen LogP contribution in [0.25, 0.3) is 42.7 Å². The normalized spacial score (nSPS) is 14.5. The van der Waals surface area contributed by atoms with Gasteiger partial charge in [0.25, 0.3) is 0 Å². The van der Waals surface area contributed by atoms with Gasteiger partial charge in [0.1, 0.15) is 6.17 Å². The van der Waals surface area contributed by atoms with Gasteiger partial charge in [-0.3, -0.25) is 10.3 Å². The number of rotatable bonds is 5. The number of nitrogens with zero attached hydrogens (tertiary/aromatic N) is 2. The Kier molecular flexibility index (Phi) is 5.49. The van der Waals surface area contributed by atoms with Gasteiger partial charge in [0.05, 0.1) is 16.6 Å². The summed E-state index contributed by atoms with van der Waals surface area (Å²) in [5, 5.41) is 7.32. The highest BCUT2D eigenvalue weighted by atomic mass is 32.1. The van der Waals surface area contributed by atoms with Gasteiger partial charge in [-0.1, -0.05) is 91.0 Å². The van der Waals surface area contributed by atoms with Crippen molar-refractivity contribution in [3.8, 4) is 0 Å². The first-order chi connectivity index (χ1) is 18.3. The van der Waals surface area contributed by atoms with Crippen molar-refractivity contribution in [1.29, 1.82) is 0 Å². The molecule has 0 amide bonds. The summed E-state index contributed by atoms with van der Waals surface area (Å²) in [4.78, 5) is 5.06. The molecule has 6 aromatic rings. The van der Waals surface area contributed by atoms with Crippen LogP contribution < -0.4 is 5.32 Å². The summed E-state index contributed by atoms with van der Waals surface area (Å²) in [6, 6.07) is 34.6. The topological polar surface area (TPSA) is 29.3 Å². The maximum Gasteiger partial charge on any atom is 0.127 e. The van der Waals surface area contributed by atoms with Crippen molar-refractivity contribution in [2.75, 3.05) is 7.05 Å². The smallest absolute Gasteiger partial charge is 0.127 e. The molecule has 1 atom stereocenters. The second kappa shape index (κ2) is 9.15. The van der Waals surface area contributed by atoms with E-state index in [1.807, 2.05) is 24.5 Å². The molecule has 0 bridgehead atoms. The number of aliphatic imine (C=N–C) groups is 1. The number of allylic oxidation sites excluding steroid dienone is 1. The van der Waals surface area contributed by atoms with Crippen molar-refractivity contribution < 1.29 is 0 Å². The molecule has 37 heavy (non-hydrogen) atoms. The lowest BCUT2D eigenvalue weighted by atomic mass is 9.91. The fourth-order valence-electron chi connectivity index (χ4n) is 5.67. The lowest BCUT2D eigenvalue weighted by Gasteiger charge is -2.16. The Morgan fingerprint density at radius 1 is 0.811 bits per heavy atom. The Labute approximate surface area is 220 Å². The fraction of sp³-hybridized carbons (Fsp3) is 0.121. The summed E-state index contributed by atoms with van der Waals surface area (Å²) in [5.74, 6) is 0. The zero-order valence-electron chi connectivity index (χ0n) is 20.7. The van der Waals surface area contributed by atoms with E-state index in [1.54, 1.807) is 0 Å². The van der Waals surface area contributed by atoms with Crippen molar-refractivity contribution >= 4 is 60.4 Å². The Balaban J connectivity index is 1.48. The lowest BCUT2D eigenvalue weighted by Crippen LogP contribution is -2.15. The second-order valence-electron chi connectivity index (χ2n) is 9.57. The summed E-state index contributed by atoms with van der Waals surface area (Å²) in [6.07, 6.45) is 6.37. The second-order valence-corrected chi connectivity index (χ2v) is 10.6. The van der Waals surface area contributed by atoms with Gasteiger partial charge in [-0.05, 0) is 48.7 Å². The minimum absolute atomic E-state index is 0.102. The molecule has 4 aromatic carbocycles. The molecule has 1 aliphatic rings. The van der Waals surface area contributed by atoms with Crippen molar-refractivity contribution in [2.24, 2.45) is 4.99 Å². The van der Waals surface area contributed by atoms with E-state index in [0.29, 0.717) is 0 Å². The molecule has 0 spiro atoms. The van der Waals surface area contributed by atoms with Gasteiger partial charge in [0.15, 0.2) is 0 Å². The van der Waals surface area contributed by atoms with Gasteiger partial charge in [-0.25, -0.2) is 0 Å². The number of hydrogen-bond donors (Lipinski definition) is 1. The molecule has 1 unspecified atom stereocenters. The van der Waals surface area contributed by atoms with Crippen LogP contribution in [0.4, 0.5) is 0 Å². The highest BCUT2D eigenvalue weighted by Crippen LogP contribution is 2.43. The molecule has 0 fully saturated rings. The highest BCUT2D eigenvalue weighted by Gasteiger charge is 2.23. The van der Waals surface area contributed by atoms with Crippen LogP contribution in [0.15, 0.2) is 102 Å². The SMILES string of the molecule is CNC(/N=C/n1c2c(c3ccc4c5ccccc5sc4c31)C=C(c1ccccc1)CC2)c1ccccc1. The first kappa shape index (κ1) is 22.2. The van der Waals surface area contributed by atoms with E-state index in [9.17, 15) is 0 Å². The van der Waals surface area contributed by atoms with Crippen LogP contribution >= 0.6 is 11.3 Å². The third-order valence-electron chi connectivity index (χ3n) is 7.47. The third kappa shape index (κ3) is 3.72. The van der Waals surface area contributed by atoms with Gasteiger partial charge in [-0.2, -0.15) is 0 Å². The van der Waals surface area contributed by atoms with Crippen molar-refractivity contribution in [3.05, 3.63) is 119 Å². The van der Waals surface area contributed by atoms with Crippen LogP contribution in [0.1, 0.15) is 35.0 Å². The minimum atomic E-state index is -0.102. The van der Waals surface area contributed by atoms with E-state index in [4.69, 9.17) is 4.99 Å². The molecule has 4 heteroatoms. The average molecular weight is 498 g/mol. The zero-order valence-corrected chi connectivity index (χ0v) is 21.5. The van der Waals surface area contributed by atoms with E-state index in [1.165, 1.54) is 53.5 Å². The van der Waals surface area contributed by atoms with Crippen LogP contribution in [0.3, 0.4) is 0 Å². The number of aromatic nitrogens is 1. The van der Waals surface area contributed by atoms with Gasteiger partial charge >= 0.3 is 0 Å². The predicted octanol–water partition coefficient (Wildman–Crippen LogP) is 8.29. The number of benzene rings is 4. The summed E-state index contributed by atoms with van der Waals surface area (Å²) < 4.78 is 5.02. The van der Waals surface area contributed by atoms with E-state index in [0.717, 1.165) is 18.4 Å². The molecule has 0 aliphatic heterocycles. The molecule has 1 N–H and O–H groups in total. The summed E-state index contributed by atoms with van der Waals surface area (Å²) in [6.45, 7) is 0. The van der Waals surface area contributed by atoms with E-state index in [-0.39, 0.29) is 6.17 Å². The van der Waals surface area contributed by atoms with Gasteiger partial charge in [0, 0.05) is 32.1 Å². The molecule has 2 heterocycles. The molecule has 0 radical (unpaired) electrons. The fourth-order valence-corrected chi connectivity index (χ4v) is 6.92. The van der Waals surface area contributed by atoms with E-state index < -0.39 is 0 Å². The lowest BCUT2D eigenvalue weighted by molar-refractivity contribution is 0.625. The molecule has 7 rings (SSSR count). The first-order valence-corrected chi connectivity index (χ1v) is 13.6. The van der Waals surface area contributed by atoms with Crippen LogP contribution in [0.5, 0.6) is 0 Å². The van der Waals surface area contributed by atoms with Crippen molar-refractivity contribution in [3.63, 3.8) is 0 Å². The van der Waals surface area contributed by atoms with Crippen LogP contribution in [-0.2, 0) is 6.42 Å². The molecule has 2 aromatic heterocycles. The Hall–Kier alpha value is -3.99. The van der Waals surface area contributed by atoms with Gasteiger partial charge in [-0.15, -0.1) is 11.3 Å². The summed E-state index contributed by atoms with van der Waals surface area (Å²) in [5.41, 5.74) is 7.80. The molecule has 180 valence electrons. The molecule has 1 aliphatic carbocycles. The summed E-state index contributed by atoms with van der Waals surface area (Å²) in [7, 11) is 1.97. The molecular weight excluding hydrogens is 470 g/mol. The predicted molar refractivity (Wildman–Crippen MR) is 160 cm³/mol. The summed E-state index contributed by atoms with van der Waals surface area (Å²) >= 11 is 1.88. The number of fused-ring (bicyclic) bond motifs is 7. The third-order valence-corrected chi connectivity index (χ3v) is 8.66. The number of nitrogens with one attached hydrogen (secondary N) is 1. The average Bonchev–Trinajstić information content (AvgIpc) is 3.50. The highest BCUT2D eigenvalue weighted by molar-refractivity contribution is 7.26. The number of thiophene rings is 1. The van der Waals surface area contributed by atoms with Gasteiger partial charge in [0.2, 0.25) is 0 Å². The Morgan fingerprint density at radius 3 is 2.35 bits per heavy atom. The maximum atomic E-state index is 5.06. The number of hydrogen-bond acceptors (Lipinski definition) is 3.